The third-order valence-electron chi connectivity index (χ3n) is 6.76. The van der Waals surface area contributed by atoms with Crippen LogP contribution in [-0.2, 0) is 6.42 Å². The van der Waals surface area contributed by atoms with E-state index in [-0.39, 0.29) is 11.5 Å². The Hall–Kier alpha value is -1.74. The first-order valence-corrected chi connectivity index (χ1v) is 12.0. The van der Waals surface area contributed by atoms with E-state index >= 15 is 0 Å². The molecular weight excluding hydrogens is 376 g/mol. The number of phenolic OH excluding ortho intramolecular Hbond substituents is 1. The Kier molecular flexibility index (Phi) is 5.54. The number of ether oxygens (including phenoxy) is 1. The molecule has 0 radical (unpaired) electrons. The summed E-state index contributed by atoms with van der Waals surface area (Å²) in [5.41, 5.74) is 5.73. The molecule has 0 bridgehead atoms. The molecule has 1 N–H and O–H groups in total. The van der Waals surface area contributed by atoms with Crippen molar-refractivity contribution in [2.24, 2.45) is 5.92 Å². The number of phenols is 1. The van der Waals surface area contributed by atoms with Gasteiger partial charge in [0.1, 0.15) is 17.1 Å². The molecule has 0 spiro atoms. The molecule has 0 saturated heterocycles. The van der Waals surface area contributed by atoms with E-state index < -0.39 is 0 Å². The zero-order valence-corrected chi connectivity index (χ0v) is 19.3. The van der Waals surface area contributed by atoms with Crippen molar-refractivity contribution >= 4 is 11.3 Å². The van der Waals surface area contributed by atoms with Gasteiger partial charge in [-0.2, -0.15) is 0 Å². The van der Waals surface area contributed by atoms with Crippen LogP contribution in [0.5, 0.6) is 11.5 Å². The number of hydrogen-bond acceptors (Lipinski definition) is 3. The molecule has 0 amide bonds. The maximum absolute atomic E-state index is 11.6. The van der Waals surface area contributed by atoms with Crippen LogP contribution in [0.25, 0.3) is 10.4 Å². The van der Waals surface area contributed by atoms with Crippen LogP contribution in [0.3, 0.4) is 0 Å². The lowest BCUT2D eigenvalue weighted by atomic mass is 9.67. The maximum Gasteiger partial charge on any atom is 0.132 e. The van der Waals surface area contributed by atoms with E-state index in [0.717, 1.165) is 42.6 Å². The smallest absolute Gasteiger partial charge is 0.132 e. The SMILES string of the molecule is CCCCCc1cc2c(c(O)c1-c1cc(C)cs1)[C@@H]1C=C(C)CC[C@H]1C(C)(C)O2. The Labute approximate surface area is 179 Å². The normalized spacial score (nSPS) is 22.4. The molecule has 0 unspecified atom stereocenters. The summed E-state index contributed by atoms with van der Waals surface area (Å²) in [7, 11) is 0. The summed E-state index contributed by atoms with van der Waals surface area (Å²) in [6, 6.07) is 4.45. The molecule has 3 heteroatoms. The number of aromatic hydroxyl groups is 1. The fourth-order valence-electron chi connectivity index (χ4n) is 5.21. The zero-order valence-electron chi connectivity index (χ0n) is 18.5. The van der Waals surface area contributed by atoms with E-state index in [0.29, 0.717) is 11.7 Å². The number of allylic oxidation sites excluding steroid dienone is 2. The molecule has 4 rings (SSSR count). The number of rotatable bonds is 5. The van der Waals surface area contributed by atoms with Gasteiger partial charge in [0.15, 0.2) is 0 Å². The second kappa shape index (κ2) is 7.83. The van der Waals surface area contributed by atoms with Gasteiger partial charge < -0.3 is 9.84 Å². The molecule has 156 valence electrons. The number of aryl methyl sites for hydroxylation is 2. The van der Waals surface area contributed by atoms with Gasteiger partial charge in [-0.05, 0) is 82.0 Å². The van der Waals surface area contributed by atoms with E-state index in [1.54, 1.807) is 11.3 Å². The lowest BCUT2D eigenvalue weighted by Crippen LogP contribution is -2.45. The standard InChI is InChI=1S/C26H34O2S/c1-6-7-8-9-18-14-21-24(25(27)23(18)22-13-17(3)15-29-22)19-12-16(2)10-11-20(19)26(4,5)28-21/h12-15,19-20,27H,6-11H2,1-5H3/t19-,20-/m1/s1. The summed E-state index contributed by atoms with van der Waals surface area (Å²) in [5.74, 6) is 1.97. The highest BCUT2D eigenvalue weighted by Crippen LogP contribution is 2.56. The monoisotopic (exact) mass is 410 g/mol. The van der Waals surface area contributed by atoms with Gasteiger partial charge in [0.05, 0.1) is 0 Å². The molecule has 1 aromatic heterocycles. The molecule has 2 heterocycles. The fraction of sp³-hybridized carbons (Fsp3) is 0.538. The number of hydrogen-bond donors (Lipinski definition) is 1. The van der Waals surface area contributed by atoms with Crippen LogP contribution in [0.2, 0.25) is 0 Å². The van der Waals surface area contributed by atoms with Crippen molar-refractivity contribution in [3.63, 3.8) is 0 Å². The number of thiophene rings is 1. The van der Waals surface area contributed by atoms with Crippen LogP contribution >= 0.6 is 11.3 Å². The Balaban J connectivity index is 1.90. The first kappa shape index (κ1) is 20.5. The quantitative estimate of drug-likeness (QED) is 0.403. The van der Waals surface area contributed by atoms with Crippen molar-refractivity contribution in [1.82, 2.24) is 0 Å². The molecule has 2 atom stereocenters. The minimum atomic E-state index is -0.219. The summed E-state index contributed by atoms with van der Waals surface area (Å²) in [4.78, 5) is 1.17. The van der Waals surface area contributed by atoms with Gasteiger partial charge in [-0.15, -0.1) is 11.3 Å². The minimum Gasteiger partial charge on any atom is -0.507 e. The first-order chi connectivity index (χ1) is 13.8. The second-order valence-electron chi connectivity index (χ2n) is 9.51. The number of unbranched alkanes of at least 4 members (excludes halogenated alkanes) is 2. The van der Waals surface area contributed by atoms with Gasteiger partial charge in [-0.25, -0.2) is 0 Å². The van der Waals surface area contributed by atoms with Crippen molar-refractivity contribution in [2.75, 3.05) is 0 Å². The average Bonchev–Trinajstić information content (AvgIpc) is 3.06. The Morgan fingerprint density at radius 3 is 2.69 bits per heavy atom. The fourth-order valence-corrected chi connectivity index (χ4v) is 6.19. The van der Waals surface area contributed by atoms with E-state index in [1.165, 1.54) is 34.4 Å². The summed E-state index contributed by atoms with van der Waals surface area (Å²) < 4.78 is 6.56. The molecule has 2 nitrogen and oxygen atoms in total. The van der Waals surface area contributed by atoms with Gasteiger partial charge in [0.25, 0.3) is 0 Å². The van der Waals surface area contributed by atoms with E-state index in [4.69, 9.17) is 4.74 Å². The second-order valence-corrected chi connectivity index (χ2v) is 10.4. The summed E-state index contributed by atoms with van der Waals surface area (Å²) in [5, 5.41) is 13.8. The highest BCUT2D eigenvalue weighted by Gasteiger charge is 2.45. The molecular formula is C26H34O2S. The van der Waals surface area contributed by atoms with Gasteiger partial charge in [-0.3, -0.25) is 0 Å². The van der Waals surface area contributed by atoms with Crippen LogP contribution in [0.15, 0.2) is 29.2 Å². The van der Waals surface area contributed by atoms with Crippen molar-refractivity contribution in [3.05, 3.63) is 45.9 Å². The molecule has 0 fully saturated rings. The van der Waals surface area contributed by atoms with Gasteiger partial charge >= 0.3 is 0 Å². The van der Waals surface area contributed by atoms with Crippen LogP contribution < -0.4 is 4.74 Å². The highest BCUT2D eigenvalue weighted by atomic mass is 32.1. The van der Waals surface area contributed by atoms with Crippen LogP contribution in [0.4, 0.5) is 0 Å². The van der Waals surface area contributed by atoms with Crippen molar-refractivity contribution < 1.29 is 9.84 Å². The van der Waals surface area contributed by atoms with E-state index in [9.17, 15) is 5.11 Å². The molecule has 0 saturated carbocycles. The predicted molar refractivity (Wildman–Crippen MR) is 123 cm³/mol. The maximum atomic E-state index is 11.6. The number of benzene rings is 1. The molecule has 1 aromatic carbocycles. The summed E-state index contributed by atoms with van der Waals surface area (Å²) >= 11 is 1.73. The third-order valence-corrected chi connectivity index (χ3v) is 7.82. The van der Waals surface area contributed by atoms with Crippen molar-refractivity contribution in [1.29, 1.82) is 0 Å². The zero-order chi connectivity index (χ0) is 20.8. The predicted octanol–water partition coefficient (Wildman–Crippen LogP) is 7.77. The molecule has 2 aromatic rings. The lowest BCUT2D eigenvalue weighted by molar-refractivity contribution is 0.0108. The summed E-state index contributed by atoms with van der Waals surface area (Å²) in [6.45, 7) is 11.0. The largest absolute Gasteiger partial charge is 0.507 e. The topological polar surface area (TPSA) is 29.5 Å². The van der Waals surface area contributed by atoms with Crippen molar-refractivity contribution in [3.8, 4) is 21.9 Å². The van der Waals surface area contributed by atoms with Crippen LogP contribution in [-0.4, -0.2) is 10.7 Å². The van der Waals surface area contributed by atoms with Crippen LogP contribution in [0, 0.1) is 12.8 Å². The minimum absolute atomic E-state index is 0.219. The third kappa shape index (κ3) is 3.74. The molecule has 2 aliphatic rings. The Morgan fingerprint density at radius 1 is 1.21 bits per heavy atom. The van der Waals surface area contributed by atoms with Crippen LogP contribution in [0.1, 0.15) is 82.4 Å². The number of fused-ring (bicyclic) bond motifs is 3. The molecule has 29 heavy (non-hydrogen) atoms. The highest BCUT2D eigenvalue weighted by molar-refractivity contribution is 7.13. The first-order valence-electron chi connectivity index (χ1n) is 11.1. The lowest BCUT2D eigenvalue weighted by Gasteiger charge is -2.46. The molecule has 1 aliphatic heterocycles. The van der Waals surface area contributed by atoms with E-state index in [2.05, 4.69) is 58.2 Å². The summed E-state index contributed by atoms with van der Waals surface area (Å²) in [6.07, 6.45) is 9.15. The van der Waals surface area contributed by atoms with Gasteiger partial charge in [0.2, 0.25) is 0 Å². The Bertz CT molecular complexity index is 934. The van der Waals surface area contributed by atoms with Gasteiger partial charge in [0, 0.05) is 27.8 Å². The van der Waals surface area contributed by atoms with Gasteiger partial charge in [-0.1, -0.05) is 31.4 Å². The van der Waals surface area contributed by atoms with E-state index in [1.807, 2.05) is 0 Å². The van der Waals surface area contributed by atoms with Crippen molar-refractivity contribution in [2.45, 2.75) is 84.7 Å². The molecule has 1 aliphatic carbocycles. The average molecular weight is 411 g/mol. The Morgan fingerprint density at radius 2 is 2.00 bits per heavy atom.